The van der Waals surface area contributed by atoms with E-state index in [9.17, 15) is 0 Å². The SMILES string of the molecule is C[CH2][Al-][CH2]C.C[CH2][Al-][CH2]C.C[Si](C)C.C[Si](C)C.C[Si](C)C.C[Si](C)C.[Sb].[Sb]. The smallest absolute Gasteiger partial charge is 0.0379 e. The fourth-order valence-corrected chi connectivity index (χ4v) is 1.73. The predicted molar refractivity (Wildman–Crippen MR) is 158 cm³/mol. The van der Waals surface area contributed by atoms with Gasteiger partial charge in [0.2, 0.25) is 0 Å². The first kappa shape index (κ1) is 53.1. The van der Waals surface area contributed by atoms with Crippen LogP contribution in [0, 0.1) is 0 Å². The fourth-order valence-electron chi connectivity index (χ4n) is 0.577. The Hall–Kier alpha value is 3.57. The molecule has 14 radical (unpaired) electrons. The van der Waals surface area contributed by atoms with Crippen LogP contribution in [0.1, 0.15) is 27.7 Å². The van der Waals surface area contributed by atoms with Crippen molar-refractivity contribution in [3.05, 3.63) is 0 Å². The molecule has 0 aromatic carbocycles. The predicted octanol–water partition coefficient (Wildman–Crippen LogP) is 7.85. The summed E-state index contributed by atoms with van der Waals surface area (Å²) >= 11 is 1.63. The van der Waals surface area contributed by atoms with Crippen molar-refractivity contribution in [3.8, 4) is 0 Å². The maximum absolute atomic E-state index is 2.27. The minimum atomic E-state index is 0. The summed E-state index contributed by atoms with van der Waals surface area (Å²) in [4.78, 5) is 0. The van der Waals surface area contributed by atoms with Gasteiger partial charge in [-0.1, -0.05) is 78.6 Å². The summed E-state index contributed by atoms with van der Waals surface area (Å²) in [5.74, 6) is 0. The van der Waals surface area contributed by atoms with Gasteiger partial charge >= 0.3 is 0 Å². The van der Waals surface area contributed by atoms with Crippen molar-refractivity contribution in [3.63, 3.8) is 0 Å². The quantitative estimate of drug-likeness (QED) is 0.262. The van der Waals surface area contributed by atoms with Gasteiger partial charge in [0, 0.05) is 84.0 Å². The van der Waals surface area contributed by atoms with Crippen LogP contribution in [0.3, 0.4) is 0 Å². The van der Waals surface area contributed by atoms with Crippen LogP contribution in [0.4, 0.5) is 0 Å². The van der Waals surface area contributed by atoms with Crippen molar-refractivity contribution < 1.29 is 0 Å². The van der Waals surface area contributed by atoms with E-state index in [2.05, 4.69) is 106 Å². The Morgan fingerprint density at radius 1 is 0.357 bits per heavy atom. The summed E-state index contributed by atoms with van der Waals surface area (Å²) in [6, 6.07) is 0. The first-order valence-electron chi connectivity index (χ1n) is 10.5. The summed E-state index contributed by atoms with van der Waals surface area (Å²) in [6.45, 7) is 36.2. The molecule has 0 saturated heterocycles. The summed E-state index contributed by atoms with van der Waals surface area (Å²) in [5, 5.41) is 5.71. The largest absolute Gasteiger partial charge is 0.263 e. The average molecular weight is 706 g/mol. The van der Waals surface area contributed by atoms with Gasteiger partial charge in [-0.05, 0) is 0 Å². The Morgan fingerprint density at radius 2 is 0.429 bits per heavy atom. The van der Waals surface area contributed by atoms with Crippen LogP contribution < -0.4 is 0 Å². The first-order valence-corrected chi connectivity index (χ1v) is 25.7. The zero-order valence-corrected chi connectivity index (χ0v) is 34.3. The van der Waals surface area contributed by atoms with E-state index in [0.717, 1.165) is 30.4 Å². The molecule has 0 aliphatic rings. The van der Waals surface area contributed by atoms with Crippen LogP contribution in [0.2, 0.25) is 99.7 Å². The monoisotopic (exact) mass is 704 g/mol. The minimum Gasteiger partial charge on any atom is -0.263 e. The molecule has 0 unspecified atom stereocenters. The van der Waals surface area contributed by atoms with Crippen molar-refractivity contribution in [2.45, 2.75) is 127 Å². The number of hydrogen-bond donors (Lipinski definition) is 0. The van der Waals surface area contributed by atoms with Crippen LogP contribution in [0.5, 0.6) is 0 Å². The molecule has 0 aliphatic heterocycles. The minimum absolute atomic E-state index is 0. The van der Waals surface area contributed by atoms with Crippen molar-refractivity contribution in [2.75, 3.05) is 0 Å². The zero-order valence-electron chi connectivity index (χ0n) is 22.9. The molecule has 8 heteroatoms. The van der Waals surface area contributed by atoms with Crippen molar-refractivity contribution in [1.29, 1.82) is 0 Å². The third-order valence-corrected chi connectivity index (χ3v) is 3.46. The van der Waals surface area contributed by atoms with E-state index in [0.29, 0.717) is 0 Å². The molecule has 0 atom stereocenters. The molecule has 0 nitrogen and oxygen atoms in total. The number of rotatable bonds is 4. The molecule has 0 fully saturated rings. The van der Waals surface area contributed by atoms with Gasteiger partial charge in [0.1, 0.15) is 0 Å². The second-order valence-electron chi connectivity index (χ2n) is 8.21. The van der Waals surface area contributed by atoms with E-state index in [-0.39, 0.29) is 84.0 Å². The normalized spacial score (nSPS) is 8.14. The zero-order chi connectivity index (χ0) is 22.6. The van der Waals surface area contributed by atoms with Crippen LogP contribution in [0.25, 0.3) is 0 Å². The third-order valence-electron chi connectivity index (χ3n) is 1.15. The van der Waals surface area contributed by atoms with Gasteiger partial charge in [0.05, 0.1) is 0 Å². The van der Waals surface area contributed by atoms with Crippen molar-refractivity contribution >= 4 is 114 Å². The first-order chi connectivity index (χ1) is 11.8. The molecular weight excluding hydrogens is 650 g/mol. The van der Waals surface area contributed by atoms with E-state index in [4.69, 9.17) is 0 Å². The topological polar surface area (TPSA) is 0 Å². The van der Waals surface area contributed by atoms with Gasteiger partial charge in [-0.25, -0.2) is 0 Å². The Kier molecular flexibility index (Phi) is 109. The molecule has 0 amide bonds. The van der Waals surface area contributed by atoms with E-state index < -0.39 is 0 Å². The van der Waals surface area contributed by atoms with E-state index in [1.807, 2.05) is 0 Å². The molecule has 0 heterocycles. The molecule has 0 saturated carbocycles. The molecule has 0 spiro atoms. The van der Waals surface area contributed by atoms with Crippen LogP contribution in [-0.4, -0.2) is 114 Å². The van der Waals surface area contributed by atoms with Gasteiger partial charge in [-0.15, -0.1) is 27.7 Å². The summed E-state index contributed by atoms with van der Waals surface area (Å²) < 4.78 is 0. The second kappa shape index (κ2) is 57.5. The van der Waals surface area contributed by atoms with E-state index in [1.165, 1.54) is 21.1 Å². The van der Waals surface area contributed by atoms with Gasteiger partial charge in [0.25, 0.3) is 0 Å². The molecule has 28 heavy (non-hydrogen) atoms. The maximum atomic E-state index is 2.27. The molecule has 0 aliphatic carbocycles. The van der Waals surface area contributed by atoms with Gasteiger partial charge in [0.15, 0.2) is 0 Å². The van der Waals surface area contributed by atoms with Gasteiger partial charge in [-0.2, -0.15) is 0 Å². The molecule has 170 valence electrons. The van der Waals surface area contributed by atoms with Crippen LogP contribution in [0.15, 0.2) is 0 Å². The third kappa shape index (κ3) is 421. The molecule has 0 rings (SSSR count). The van der Waals surface area contributed by atoms with E-state index >= 15 is 0 Å². The van der Waals surface area contributed by atoms with Crippen LogP contribution >= 0.6 is 0 Å². The summed E-state index contributed by atoms with van der Waals surface area (Å²) in [5.41, 5.74) is 0. The fraction of sp³-hybridized carbons (Fsp3) is 1.00. The number of hydrogen-bond acceptors (Lipinski definition) is 0. The molecular formula is C20H56Al2Sb2Si4-2. The Labute approximate surface area is 239 Å². The standard InChI is InChI=1S/4C3H9Si.4C2H5.2Al.2Sb/c4*1-4(2)3;4*1-2;;;;/h4*1-3H3;4*1H2,2H3;;;;/q;;;;;;;;2*-1;;. The van der Waals surface area contributed by atoms with Crippen LogP contribution in [-0.2, 0) is 0 Å². The Balaban J connectivity index is -0.0000000283. The van der Waals surface area contributed by atoms with Gasteiger partial charge in [-0.3, -0.25) is 51.6 Å². The molecule has 0 aromatic heterocycles. The maximum Gasteiger partial charge on any atom is 0.0379 e. The summed E-state index contributed by atoms with van der Waals surface area (Å²) in [7, 11) is 0.481. The molecule has 0 N–H and O–H groups in total. The Morgan fingerprint density at radius 3 is 0.429 bits per heavy atom. The van der Waals surface area contributed by atoms with Gasteiger partial charge < -0.3 is 0 Å². The molecule has 0 bridgehead atoms. The Bertz CT molecular complexity index is 133. The van der Waals surface area contributed by atoms with Crippen molar-refractivity contribution in [2.24, 2.45) is 0 Å². The van der Waals surface area contributed by atoms with E-state index in [1.54, 1.807) is 0 Å². The molecule has 0 aromatic rings. The second-order valence-corrected chi connectivity index (χ2v) is 24.6. The van der Waals surface area contributed by atoms with Crippen molar-refractivity contribution in [1.82, 2.24) is 0 Å². The summed E-state index contributed by atoms with van der Waals surface area (Å²) in [6.07, 6.45) is 0. The average Bonchev–Trinajstić information content (AvgIpc) is 2.38.